The van der Waals surface area contributed by atoms with E-state index >= 15 is 0 Å². The lowest BCUT2D eigenvalue weighted by atomic mass is 10.2. The third-order valence-corrected chi connectivity index (χ3v) is 3.75. The van der Waals surface area contributed by atoms with E-state index in [4.69, 9.17) is 0 Å². The molecule has 0 spiro atoms. The fraction of sp³-hybridized carbons (Fsp3) is 0.235. The minimum Gasteiger partial charge on any atom is -0.339 e. The highest BCUT2D eigenvalue weighted by molar-refractivity contribution is 6.04. The minimum atomic E-state index is -0.550. The SMILES string of the molecule is O=C(Nc1ccccc1F)c1cc(C(=O)N2CCCC2)ccn1. The van der Waals surface area contributed by atoms with E-state index < -0.39 is 11.7 Å². The zero-order valence-corrected chi connectivity index (χ0v) is 12.5. The van der Waals surface area contributed by atoms with E-state index in [1.165, 1.54) is 24.4 Å². The van der Waals surface area contributed by atoms with Crippen LogP contribution < -0.4 is 5.32 Å². The van der Waals surface area contributed by atoms with Crippen molar-refractivity contribution in [2.45, 2.75) is 12.8 Å². The number of anilines is 1. The van der Waals surface area contributed by atoms with Crippen molar-refractivity contribution in [1.82, 2.24) is 9.88 Å². The number of hydrogen-bond acceptors (Lipinski definition) is 3. The van der Waals surface area contributed by atoms with Crippen molar-refractivity contribution in [2.75, 3.05) is 18.4 Å². The van der Waals surface area contributed by atoms with E-state index in [2.05, 4.69) is 10.3 Å². The number of benzene rings is 1. The van der Waals surface area contributed by atoms with Gasteiger partial charge >= 0.3 is 0 Å². The number of carbonyl (C=O) groups excluding carboxylic acids is 2. The van der Waals surface area contributed by atoms with Gasteiger partial charge in [-0.3, -0.25) is 14.6 Å². The Balaban J connectivity index is 1.77. The number of amides is 2. The molecule has 23 heavy (non-hydrogen) atoms. The summed E-state index contributed by atoms with van der Waals surface area (Å²) < 4.78 is 13.6. The van der Waals surface area contributed by atoms with Gasteiger partial charge in [0.2, 0.25) is 0 Å². The van der Waals surface area contributed by atoms with Crippen molar-refractivity contribution in [3.8, 4) is 0 Å². The maximum Gasteiger partial charge on any atom is 0.274 e. The van der Waals surface area contributed by atoms with Gasteiger partial charge in [-0.25, -0.2) is 4.39 Å². The van der Waals surface area contributed by atoms with Gasteiger partial charge in [0.25, 0.3) is 11.8 Å². The van der Waals surface area contributed by atoms with Crippen LogP contribution in [0.4, 0.5) is 10.1 Å². The van der Waals surface area contributed by atoms with Crippen LogP contribution >= 0.6 is 0 Å². The predicted molar refractivity (Wildman–Crippen MR) is 83.7 cm³/mol. The lowest BCUT2D eigenvalue weighted by molar-refractivity contribution is 0.0792. The molecule has 0 atom stereocenters. The molecule has 0 aliphatic carbocycles. The molecule has 1 aromatic heterocycles. The van der Waals surface area contributed by atoms with E-state index in [1.807, 2.05) is 0 Å². The molecule has 1 aliphatic heterocycles. The largest absolute Gasteiger partial charge is 0.339 e. The fourth-order valence-electron chi connectivity index (χ4n) is 2.54. The summed E-state index contributed by atoms with van der Waals surface area (Å²) in [6, 6.07) is 8.91. The molecule has 1 aromatic carbocycles. The average Bonchev–Trinajstić information content (AvgIpc) is 3.11. The van der Waals surface area contributed by atoms with Crippen LogP contribution in [0.25, 0.3) is 0 Å². The number of aromatic nitrogens is 1. The summed E-state index contributed by atoms with van der Waals surface area (Å²) in [5, 5.41) is 2.46. The molecule has 0 saturated carbocycles. The smallest absolute Gasteiger partial charge is 0.274 e. The van der Waals surface area contributed by atoms with Gasteiger partial charge in [-0.05, 0) is 37.1 Å². The first-order chi connectivity index (χ1) is 11.1. The molecule has 5 nitrogen and oxygen atoms in total. The number of nitrogens with one attached hydrogen (secondary N) is 1. The first-order valence-corrected chi connectivity index (χ1v) is 7.46. The van der Waals surface area contributed by atoms with Gasteiger partial charge in [-0.2, -0.15) is 0 Å². The number of hydrogen-bond donors (Lipinski definition) is 1. The van der Waals surface area contributed by atoms with E-state index in [-0.39, 0.29) is 17.3 Å². The first kappa shape index (κ1) is 15.1. The molecule has 0 unspecified atom stereocenters. The Morgan fingerprint density at radius 2 is 1.87 bits per heavy atom. The van der Waals surface area contributed by atoms with Crippen LogP contribution in [-0.2, 0) is 0 Å². The fourth-order valence-corrected chi connectivity index (χ4v) is 2.54. The Bertz CT molecular complexity index is 742. The molecule has 1 saturated heterocycles. The van der Waals surface area contributed by atoms with Gasteiger partial charge < -0.3 is 10.2 Å². The Morgan fingerprint density at radius 3 is 2.61 bits per heavy atom. The number of rotatable bonds is 3. The molecule has 3 rings (SSSR count). The van der Waals surface area contributed by atoms with Crippen LogP contribution in [0, 0.1) is 5.82 Å². The van der Waals surface area contributed by atoms with Crippen molar-refractivity contribution >= 4 is 17.5 Å². The number of nitrogens with zero attached hydrogens (tertiary/aromatic N) is 2. The average molecular weight is 313 g/mol. The van der Waals surface area contributed by atoms with Gasteiger partial charge in [0.05, 0.1) is 5.69 Å². The number of carbonyl (C=O) groups is 2. The lowest BCUT2D eigenvalue weighted by Gasteiger charge is -2.15. The molecule has 6 heteroatoms. The second-order valence-corrected chi connectivity index (χ2v) is 5.36. The highest BCUT2D eigenvalue weighted by Crippen LogP contribution is 2.16. The molecule has 2 amide bonds. The molecular formula is C17H16FN3O2. The van der Waals surface area contributed by atoms with Crippen LogP contribution in [0.1, 0.15) is 33.7 Å². The third kappa shape index (κ3) is 3.36. The Kier molecular flexibility index (Phi) is 4.32. The Morgan fingerprint density at radius 1 is 1.13 bits per heavy atom. The molecule has 1 N–H and O–H groups in total. The monoisotopic (exact) mass is 313 g/mol. The topological polar surface area (TPSA) is 62.3 Å². The molecule has 2 heterocycles. The van der Waals surface area contributed by atoms with E-state index in [0.717, 1.165) is 25.9 Å². The van der Waals surface area contributed by atoms with Crippen molar-refractivity contribution in [1.29, 1.82) is 0 Å². The highest BCUT2D eigenvalue weighted by atomic mass is 19.1. The van der Waals surface area contributed by atoms with E-state index in [1.54, 1.807) is 23.1 Å². The first-order valence-electron chi connectivity index (χ1n) is 7.46. The summed E-state index contributed by atoms with van der Waals surface area (Å²) in [6.45, 7) is 1.47. The van der Waals surface area contributed by atoms with Gasteiger partial charge in [-0.15, -0.1) is 0 Å². The normalized spacial score (nSPS) is 13.9. The van der Waals surface area contributed by atoms with Crippen LogP contribution in [0.15, 0.2) is 42.6 Å². The van der Waals surface area contributed by atoms with Crippen molar-refractivity contribution in [2.24, 2.45) is 0 Å². The van der Waals surface area contributed by atoms with E-state index in [0.29, 0.717) is 5.56 Å². The second kappa shape index (κ2) is 6.56. The van der Waals surface area contributed by atoms with Gasteiger partial charge in [0, 0.05) is 24.8 Å². The van der Waals surface area contributed by atoms with Crippen molar-refractivity contribution in [3.63, 3.8) is 0 Å². The molecule has 118 valence electrons. The molecular weight excluding hydrogens is 297 g/mol. The predicted octanol–water partition coefficient (Wildman–Crippen LogP) is 2.71. The number of pyridine rings is 1. The summed E-state index contributed by atoms with van der Waals surface area (Å²) in [5.74, 6) is -1.18. The third-order valence-electron chi connectivity index (χ3n) is 3.75. The van der Waals surface area contributed by atoms with Crippen LogP contribution in [0.3, 0.4) is 0 Å². The minimum absolute atomic E-state index is 0.0792. The molecule has 0 radical (unpaired) electrons. The highest BCUT2D eigenvalue weighted by Gasteiger charge is 2.20. The Hall–Kier alpha value is -2.76. The summed E-state index contributed by atoms with van der Waals surface area (Å²) in [7, 11) is 0. The van der Waals surface area contributed by atoms with Crippen LogP contribution in [0.5, 0.6) is 0 Å². The summed E-state index contributed by atoms with van der Waals surface area (Å²) >= 11 is 0. The number of likely N-dealkylation sites (tertiary alicyclic amines) is 1. The number of halogens is 1. The standard InChI is InChI=1S/C17H16FN3O2/c18-13-5-1-2-6-14(13)20-16(22)15-11-12(7-8-19-15)17(23)21-9-3-4-10-21/h1-2,5-8,11H,3-4,9-10H2,(H,20,22). The maximum absolute atomic E-state index is 13.6. The van der Waals surface area contributed by atoms with E-state index in [9.17, 15) is 14.0 Å². The zero-order valence-electron chi connectivity index (χ0n) is 12.5. The van der Waals surface area contributed by atoms with Gasteiger partial charge in [0.15, 0.2) is 0 Å². The molecule has 1 aliphatic rings. The zero-order chi connectivity index (χ0) is 16.2. The van der Waals surface area contributed by atoms with Crippen LogP contribution in [0.2, 0.25) is 0 Å². The summed E-state index contributed by atoms with van der Waals surface area (Å²) in [4.78, 5) is 30.3. The molecule has 0 bridgehead atoms. The summed E-state index contributed by atoms with van der Waals surface area (Å²) in [6.07, 6.45) is 3.41. The maximum atomic E-state index is 13.6. The quantitative estimate of drug-likeness (QED) is 0.947. The molecule has 2 aromatic rings. The lowest BCUT2D eigenvalue weighted by Crippen LogP contribution is -2.28. The summed E-state index contributed by atoms with van der Waals surface area (Å²) in [5.41, 5.74) is 0.578. The number of para-hydroxylation sites is 1. The van der Waals surface area contributed by atoms with Crippen molar-refractivity contribution in [3.05, 3.63) is 59.7 Å². The van der Waals surface area contributed by atoms with Gasteiger partial charge in [0.1, 0.15) is 11.5 Å². The van der Waals surface area contributed by atoms with Crippen molar-refractivity contribution < 1.29 is 14.0 Å². The Labute approximate surface area is 133 Å². The van der Waals surface area contributed by atoms with Crippen LogP contribution in [-0.4, -0.2) is 34.8 Å². The molecule has 1 fully saturated rings. The second-order valence-electron chi connectivity index (χ2n) is 5.36. The van der Waals surface area contributed by atoms with Gasteiger partial charge in [-0.1, -0.05) is 12.1 Å².